The molecule has 4 aliphatic rings. The summed E-state index contributed by atoms with van der Waals surface area (Å²) < 4.78 is 11.9. The Labute approximate surface area is 187 Å². The average Bonchev–Trinajstić information content (AvgIpc) is 3.56. The summed E-state index contributed by atoms with van der Waals surface area (Å²) in [5, 5.41) is 0. The van der Waals surface area contributed by atoms with Crippen LogP contribution in [0.4, 0.5) is 4.79 Å². The second kappa shape index (κ2) is 7.95. The second-order valence-corrected chi connectivity index (χ2v) is 9.42. The van der Waals surface area contributed by atoms with Gasteiger partial charge in [0.2, 0.25) is 5.91 Å². The van der Waals surface area contributed by atoms with Crippen molar-refractivity contribution in [3.05, 3.63) is 24.3 Å². The van der Waals surface area contributed by atoms with E-state index in [1.165, 1.54) is 14.7 Å². The maximum atomic E-state index is 13.3. The molecule has 4 amide bonds. The van der Waals surface area contributed by atoms with E-state index in [1.807, 2.05) is 24.3 Å². The van der Waals surface area contributed by atoms with E-state index in [9.17, 15) is 14.4 Å². The molecule has 1 aromatic rings. The summed E-state index contributed by atoms with van der Waals surface area (Å²) in [6.45, 7) is 2.61. The Morgan fingerprint density at radius 2 is 1.94 bits per heavy atom. The smallest absolute Gasteiger partial charge is 0.328 e. The number of fused-ring (bicyclic) bond motifs is 1. The number of carbonyl (C=O) groups is 3. The number of amides is 4. The van der Waals surface area contributed by atoms with Gasteiger partial charge >= 0.3 is 6.03 Å². The standard InChI is InChI=1S/C23H30N4O5/c1-24(2)20(28)14-26-22(30)27(21(29)23(26)9-10-23)16-6-5-11-25(12-16)13-17-15-31-18-7-3-4-8-19(18)32-17/h3-4,7-8,16-17H,5-6,9-15H2,1-2H3/t16-,17-/m0/s1. The van der Waals surface area contributed by atoms with Gasteiger partial charge in [-0.1, -0.05) is 12.1 Å². The molecule has 32 heavy (non-hydrogen) atoms. The average molecular weight is 443 g/mol. The van der Waals surface area contributed by atoms with Crippen LogP contribution in [0.15, 0.2) is 24.3 Å². The number of urea groups is 1. The van der Waals surface area contributed by atoms with Crippen molar-refractivity contribution in [1.82, 2.24) is 19.6 Å². The monoisotopic (exact) mass is 442 g/mol. The highest BCUT2D eigenvalue weighted by atomic mass is 16.6. The zero-order valence-corrected chi connectivity index (χ0v) is 18.7. The minimum Gasteiger partial charge on any atom is -0.486 e. The number of rotatable bonds is 5. The number of benzene rings is 1. The Kier molecular flexibility index (Phi) is 5.23. The van der Waals surface area contributed by atoms with Crippen LogP contribution in [0.25, 0.3) is 0 Å². The molecule has 3 fully saturated rings. The number of carbonyl (C=O) groups excluding carboxylic acids is 3. The molecule has 0 N–H and O–H groups in total. The number of para-hydroxylation sites is 2. The molecule has 1 aliphatic carbocycles. The molecule has 0 radical (unpaired) electrons. The zero-order valence-electron chi connectivity index (χ0n) is 18.7. The number of hydrogen-bond acceptors (Lipinski definition) is 6. The lowest BCUT2D eigenvalue weighted by atomic mass is 10.0. The topological polar surface area (TPSA) is 82.6 Å². The molecule has 0 aromatic heterocycles. The Hall–Kier alpha value is -2.81. The number of piperidine rings is 1. The molecular weight excluding hydrogens is 412 g/mol. The van der Waals surface area contributed by atoms with Gasteiger partial charge in [0, 0.05) is 27.2 Å². The van der Waals surface area contributed by atoms with Gasteiger partial charge in [-0.3, -0.25) is 19.4 Å². The minimum absolute atomic E-state index is 0.0445. The first-order valence-electron chi connectivity index (χ1n) is 11.4. The number of likely N-dealkylation sites (N-methyl/N-ethyl adjacent to an activating group) is 1. The van der Waals surface area contributed by atoms with Crippen LogP contribution in [0.3, 0.4) is 0 Å². The molecule has 3 aliphatic heterocycles. The fourth-order valence-electron chi connectivity index (χ4n) is 5.01. The summed E-state index contributed by atoms with van der Waals surface area (Å²) in [5.41, 5.74) is -0.797. The Morgan fingerprint density at radius 1 is 1.19 bits per heavy atom. The lowest BCUT2D eigenvalue weighted by Crippen LogP contribution is -2.53. The van der Waals surface area contributed by atoms with Crippen LogP contribution in [0.5, 0.6) is 11.5 Å². The van der Waals surface area contributed by atoms with Crippen LogP contribution in [0, 0.1) is 0 Å². The van der Waals surface area contributed by atoms with E-state index in [0.717, 1.165) is 30.9 Å². The summed E-state index contributed by atoms with van der Waals surface area (Å²) in [6, 6.07) is 7.14. The molecule has 9 nitrogen and oxygen atoms in total. The van der Waals surface area contributed by atoms with E-state index in [2.05, 4.69) is 4.90 Å². The molecule has 1 spiro atoms. The lowest BCUT2D eigenvalue weighted by molar-refractivity contribution is -0.132. The third kappa shape index (κ3) is 3.58. The highest BCUT2D eigenvalue weighted by Gasteiger charge is 2.66. The molecule has 1 aromatic carbocycles. The first kappa shape index (κ1) is 21.1. The molecule has 0 unspecified atom stereocenters. The molecule has 3 heterocycles. The molecule has 0 bridgehead atoms. The van der Waals surface area contributed by atoms with Crippen LogP contribution in [0.2, 0.25) is 0 Å². The van der Waals surface area contributed by atoms with E-state index >= 15 is 0 Å². The molecule has 2 atom stereocenters. The van der Waals surface area contributed by atoms with Crippen LogP contribution in [-0.4, -0.2) is 102 Å². The molecule has 2 saturated heterocycles. The van der Waals surface area contributed by atoms with E-state index in [0.29, 0.717) is 32.5 Å². The maximum Gasteiger partial charge on any atom is 0.328 e. The van der Waals surface area contributed by atoms with Crippen molar-refractivity contribution >= 4 is 17.8 Å². The van der Waals surface area contributed by atoms with Crippen molar-refractivity contribution in [3.63, 3.8) is 0 Å². The molecule has 1 saturated carbocycles. The highest BCUT2D eigenvalue weighted by molar-refractivity contribution is 6.10. The fraction of sp³-hybridized carbons (Fsp3) is 0.609. The zero-order chi connectivity index (χ0) is 22.5. The summed E-state index contributed by atoms with van der Waals surface area (Å²) in [7, 11) is 3.33. The summed E-state index contributed by atoms with van der Waals surface area (Å²) >= 11 is 0. The van der Waals surface area contributed by atoms with Gasteiger partial charge in [-0.05, 0) is 44.4 Å². The number of imide groups is 1. The van der Waals surface area contributed by atoms with Gasteiger partial charge < -0.3 is 19.3 Å². The largest absolute Gasteiger partial charge is 0.486 e. The van der Waals surface area contributed by atoms with E-state index in [4.69, 9.17) is 9.47 Å². The van der Waals surface area contributed by atoms with Crippen molar-refractivity contribution in [2.75, 3.05) is 46.9 Å². The van der Waals surface area contributed by atoms with Crippen molar-refractivity contribution in [3.8, 4) is 11.5 Å². The predicted molar refractivity (Wildman–Crippen MR) is 115 cm³/mol. The Morgan fingerprint density at radius 3 is 2.66 bits per heavy atom. The van der Waals surface area contributed by atoms with Crippen LogP contribution < -0.4 is 9.47 Å². The van der Waals surface area contributed by atoms with E-state index < -0.39 is 5.54 Å². The first-order chi connectivity index (χ1) is 15.4. The molecule has 9 heteroatoms. The van der Waals surface area contributed by atoms with Crippen LogP contribution in [0.1, 0.15) is 25.7 Å². The minimum atomic E-state index is -0.797. The fourth-order valence-corrected chi connectivity index (χ4v) is 5.01. The Balaban J connectivity index is 1.25. The molecule has 5 rings (SSSR count). The summed E-state index contributed by atoms with van der Waals surface area (Å²) in [4.78, 5) is 45.5. The van der Waals surface area contributed by atoms with E-state index in [-0.39, 0.29) is 36.5 Å². The molecule has 172 valence electrons. The SMILES string of the molecule is CN(C)C(=O)CN1C(=O)N([C@H]2CCCN(C[C@H]3COc4ccccc4O3)C2)C(=O)C12CC2. The summed E-state index contributed by atoms with van der Waals surface area (Å²) in [5.74, 6) is 1.21. The first-order valence-corrected chi connectivity index (χ1v) is 11.4. The number of ether oxygens (including phenoxy) is 2. The lowest BCUT2D eigenvalue weighted by Gasteiger charge is -2.38. The quantitative estimate of drug-likeness (QED) is 0.637. The Bertz CT molecular complexity index is 931. The predicted octanol–water partition coefficient (Wildman–Crippen LogP) is 1.18. The van der Waals surface area contributed by atoms with Gasteiger partial charge in [-0.25, -0.2) is 4.79 Å². The van der Waals surface area contributed by atoms with Crippen LogP contribution >= 0.6 is 0 Å². The van der Waals surface area contributed by atoms with Crippen molar-refractivity contribution in [2.45, 2.75) is 43.4 Å². The van der Waals surface area contributed by atoms with Gasteiger partial charge in [0.25, 0.3) is 5.91 Å². The van der Waals surface area contributed by atoms with Crippen molar-refractivity contribution in [2.24, 2.45) is 0 Å². The number of likely N-dealkylation sites (tertiary alicyclic amines) is 1. The van der Waals surface area contributed by atoms with Gasteiger partial charge in [-0.2, -0.15) is 0 Å². The number of nitrogens with zero attached hydrogens (tertiary/aromatic N) is 4. The normalized spacial score (nSPS) is 26.6. The van der Waals surface area contributed by atoms with Gasteiger partial charge in [0.15, 0.2) is 11.5 Å². The van der Waals surface area contributed by atoms with Crippen molar-refractivity contribution < 1.29 is 23.9 Å². The third-order valence-corrected chi connectivity index (χ3v) is 6.96. The van der Waals surface area contributed by atoms with E-state index in [1.54, 1.807) is 14.1 Å². The van der Waals surface area contributed by atoms with Gasteiger partial charge in [0.05, 0.1) is 6.04 Å². The van der Waals surface area contributed by atoms with Crippen LogP contribution in [-0.2, 0) is 9.59 Å². The molecular formula is C23H30N4O5. The van der Waals surface area contributed by atoms with Gasteiger partial charge in [0.1, 0.15) is 24.8 Å². The number of hydrogen-bond donors (Lipinski definition) is 0. The van der Waals surface area contributed by atoms with Crippen molar-refractivity contribution in [1.29, 1.82) is 0 Å². The summed E-state index contributed by atoms with van der Waals surface area (Å²) in [6.07, 6.45) is 2.85. The second-order valence-electron chi connectivity index (χ2n) is 9.42. The van der Waals surface area contributed by atoms with Gasteiger partial charge in [-0.15, -0.1) is 0 Å². The third-order valence-electron chi connectivity index (χ3n) is 6.96. The highest BCUT2D eigenvalue weighted by Crippen LogP contribution is 2.48. The maximum absolute atomic E-state index is 13.3.